The minimum absolute atomic E-state index is 0.246. The highest BCUT2D eigenvalue weighted by atomic mass is 32.2. The van der Waals surface area contributed by atoms with E-state index < -0.39 is 9.84 Å². The molecule has 3 N–H and O–H groups in total. The van der Waals surface area contributed by atoms with E-state index in [9.17, 15) is 8.42 Å². The van der Waals surface area contributed by atoms with Gasteiger partial charge in [0.2, 0.25) is 0 Å². The molecule has 0 aromatic rings. The summed E-state index contributed by atoms with van der Waals surface area (Å²) in [7, 11) is -2.83. The van der Waals surface area contributed by atoms with Crippen LogP contribution < -0.4 is 11.3 Å². The zero-order valence-electron chi connectivity index (χ0n) is 12.2. The summed E-state index contributed by atoms with van der Waals surface area (Å²) in [4.78, 5) is 0. The van der Waals surface area contributed by atoms with Gasteiger partial charge in [0, 0.05) is 11.8 Å². The Morgan fingerprint density at radius 1 is 1.21 bits per heavy atom. The molecule has 0 spiro atoms. The number of nitrogens with two attached hydrogens (primary N) is 1. The largest absolute Gasteiger partial charge is 0.271 e. The Morgan fingerprint density at radius 2 is 1.89 bits per heavy atom. The molecule has 1 aliphatic rings. The third-order valence-electron chi connectivity index (χ3n) is 4.33. The summed E-state index contributed by atoms with van der Waals surface area (Å²) < 4.78 is 22.8. The Morgan fingerprint density at radius 3 is 2.47 bits per heavy atom. The molecule has 0 aromatic carbocycles. The molecule has 5 heteroatoms. The summed E-state index contributed by atoms with van der Waals surface area (Å²) in [6.45, 7) is 1.71. The van der Waals surface area contributed by atoms with Crippen molar-refractivity contribution < 1.29 is 8.42 Å². The second kappa shape index (κ2) is 8.93. The minimum Gasteiger partial charge on any atom is -0.271 e. The molecule has 0 aliphatic heterocycles. The van der Waals surface area contributed by atoms with Gasteiger partial charge in [-0.1, -0.05) is 39.0 Å². The Labute approximate surface area is 118 Å². The maximum absolute atomic E-state index is 11.4. The lowest BCUT2D eigenvalue weighted by atomic mass is 9.85. The van der Waals surface area contributed by atoms with Crippen molar-refractivity contribution in [3.8, 4) is 0 Å². The van der Waals surface area contributed by atoms with Crippen LogP contribution in [0.15, 0.2) is 0 Å². The average molecular weight is 290 g/mol. The molecule has 1 fully saturated rings. The molecule has 114 valence electrons. The van der Waals surface area contributed by atoms with Crippen LogP contribution in [-0.4, -0.2) is 26.0 Å². The van der Waals surface area contributed by atoms with Gasteiger partial charge < -0.3 is 0 Å². The fourth-order valence-electron chi connectivity index (χ4n) is 2.92. The van der Waals surface area contributed by atoms with E-state index in [1.807, 2.05) is 0 Å². The fraction of sp³-hybridized carbons (Fsp3) is 1.00. The number of hydrogen-bond donors (Lipinski definition) is 2. The zero-order chi connectivity index (χ0) is 14.1. The van der Waals surface area contributed by atoms with Crippen molar-refractivity contribution in [1.29, 1.82) is 0 Å². The van der Waals surface area contributed by atoms with Gasteiger partial charge in [-0.05, 0) is 31.6 Å². The quantitative estimate of drug-likeness (QED) is 0.505. The van der Waals surface area contributed by atoms with Gasteiger partial charge in [-0.3, -0.25) is 11.3 Å². The Balaban J connectivity index is 2.18. The summed E-state index contributed by atoms with van der Waals surface area (Å²) in [5.74, 6) is 6.98. The molecule has 1 rings (SSSR count). The number of rotatable bonds is 9. The Kier molecular flexibility index (Phi) is 7.95. The number of hydrazine groups is 1. The van der Waals surface area contributed by atoms with Gasteiger partial charge in [0.1, 0.15) is 9.84 Å². The molecule has 1 atom stereocenters. The van der Waals surface area contributed by atoms with Crippen molar-refractivity contribution in [1.82, 2.24) is 5.43 Å². The van der Waals surface area contributed by atoms with Crippen molar-refractivity contribution in [2.45, 2.75) is 70.8 Å². The summed E-state index contributed by atoms with van der Waals surface area (Å²) in [6.07, 6.45) is 10.8. The number of sulfone groups is 1. The molecule has 0 saturated heterocycles. The highest BCUT2D eigenvalue weighted by molar-refractivity contribution is 7.91. The second-order valence-electron chi connectivity index (χ2n) is 5.82. The lowest BCUT2D eigenvalue weighted by Gasteiger charge is -2.24. The lowest BCUT2D eigenvalue weighted by molar-refractivity contribution is 0.309. The minimum atomic E-state index is -2.83. The first-order valence-corrected chi connectivity index (χ1v) is 9.56. The van der Waals surface area contributed by atoms with Crippen LogP contribution in [-0.2, 0) is 9.84 Å². The lowest BCUT2D eigenvalue weighted by Crippen LogP contribution is -2.35. The normalized spacial score (nSPS) is 19.5. The van der Waals surface area contributed by atoms with Crippen LogP contribution in [0.1, 0.15) is 64.7 Å². The predicted octanol–water partition coefficient (Wildman–Crippen LogP) is 2.39. The second-order valence-corrected chi connectivity index (χ2v) is 8.30. The smallest absolute Gasteiger partial charge is 0.150 e. The highest BCUT2D eigenvalue weighted by Gasteiger charge is 2.16. The molecule has 0 bridgehead atoms. The topological polar surface area (TPSA) is 72.2 Å². The first-order valence-electron chi connectivity index (χ1n) is 7.74. The molecule has 0 aromatic heterocycles. The van der Waals surface area contributed by atoms with Gasteiger partial charge in [0.15, 0.2) is 0 Å². The van der Waals surface area contributed by atoms with E-state index >= 15 is 0 Å². The van der Waals surface area contributed by atoms with Crippen molar-refractivity contribution >= 4 is 9.84 Å². The zero-order valence-corrected chi connectivity index (χ0v) is 13.1. The van der Waals surface area contributed by atoms with Crippen LogP contribution in [0.3, 0.4) is 0 Å². The molecule has 0 radical (unpaired) electrons. The molecule has 19 heavy (non-hydrogen) atoms. The van der Waals surface area contributed by atoms with Crippen molar-refractivity contribution in [2.24, 2.45) is 11.8 Å². The van der Waals surface area contributed by atoms with Crippen LogP contribution in [0, 0.1) is 5.92 Å². The molecule has 0 amide bonds. The maximum atomic E-state index is 11.4. The van der Waals surface area contributed by atoms with Crippen molar-refractivity contribution in [3.63, 3.8) is 0 Å². The fourth-order valence-corrected chi connectivity index (χ4v) is 3.81. The van der Waals surface area contributed by atoms with E-state index in [0.29, 0.717) is 5.75 Å². The van der Waals surface area contributed by atoms with Crippen LogP contribution in [0.5, 0.6) is 0 Å². The van der Waals surface area contributed by atoms with E-state index in [-0.39, 0.29) is 11.8 Å². The molecule has 1 unspecified atom stereocenters. The Hall–Kier alpha value is -0.130. The first kappa shape index (κ1) is 16.9. The third-order valence-corrected chi connectivity index (χ3v) is 6.12. The third kappa shape index (κ3) is 7.28. The van der Waals surface area contributed by atoms with Gasteiger partial charge in [0.05, 0.1) is 5.75 Å². The Bertz CT molecular complexity index is 324. The van der Waals surface area contributed by atoms with E-state index in [4.69, 9.17) is 5.84 Å². The summed E-state index contributed by atoms with van der Waals surface area (Å²) >= 11 is 0. The molecular weight excluding hydrogens is 260 g/mol. The van der Waals surface area contributed by atoms with Gasteiger partial charge in [-0.15, -0.1) is 0 Å². The van der Waals surface area contributed by atoms with E-state index in [1.54, 1.807) is 6.92 Å². The number of hydrogen-bond acceptors (Lipinski definition) is 4. The first-order chi connectivity index (χ1) is 9.07. The summed E-state index contributed by atoms with van der Waals surface area (Å²) in [6, 6.07) is 0.272. The highest BCUT2D eigenvalue weighted by Crippen LogP contribution is 2.28. The number of nitrogens with one attached hydrogen (secondary N) is 1. The monoisotopic (exact) mass is 290 g/mol. The van der Waals surface area contributed by atoms with Crippen LogP contribution in [0.25, 0.3) is 0 Å². The average Bonchev–Trinajstić information content (AvgIpc) is 2.43. The van der Waals surface area contributed by atoms with Crippen molar-refractivity contribution in [3.05, 3.63) is 0 Å². The van der Waals surface area contributed by atoms with E-state index in [0.717, 1.165) is 25.2 Å². The maximum Gasteiger partial charge on any atom is 0.150 e. The van der Waals surface area contributed by atoms with E-state index in [1.165, 1.54) is 38.5 Å². The van der Waals surface area contributed by atoms with Gasteiger partial charge in [-0.25, -0.2) is 8.42 Å². The van der Waals surface area contributed by atoms with Crippen molar-refractivity contribution in [2.75, 3.05) is 11.5 Å². The predicted molar refractivity (Wildman–Crippen MR) is 80.5 cm³/mol. The summed E-state index contributed by atoms with van der Waals surface area (Å²) in [5, 5.41) is 0. The van der Waals surface area contributed by atoms with Gasteiger partial charge in [0.25, 0.3) is 0 Å². The molecule has 1 saturated carbocycles. The summed E-state index contributed by atoms with van der Waals surface area (Å²) in [5.41, 5.74) is 2.85. The SMILES string of the molecule is CCS(=O)(=O)CCCC(CCC1CCCCC1)NN. The van der Waals surface area contributed by atoms with Crippen LogP contribution in [0.2, 0.25) is 0 Å². The van der Waals surface area contributed by atoms with Crippen LogP contribution >= 0.6 is 0 Å². The molecule has 4 nitrogen and oxygen atoms in total. The van der Waals surface area contributed by atoms with Gasteiger partial charge in [-0.2, -0.15) is 0 Å². The van der Waals surface area contributed by atoms with Gasteiger partial charge >= 0.3 is 0 Å². The van der Waals surface area contributed by atoms with Crippen LogP contribution in [0.4, 0.5) is 0 Å². The molecule has 0 heterocycles. The molecule has 1 aliphatic carbocycles. The van der Waals surface area contributed by atoms with E-state index in [2.05, 4.69) is 5.43 Å². The standard InChI is InChI=1S/C14H30N2O2S/c1-2-19(17,18)12-6-9-14(16-15)11-10-13-7-4-3-5-8-13/h13-14,16H,2-12,15H2,1H3. The molecular formula is C14H30N2O2S.